The molecule has 3 aromatic rings. The van der Waals surface area contributed by atoms with Crippen LogP contribution < -0.4 is 15.9 Å². The Morgan fingerprint density at radius 2 is 2.15 bits per heavy atom. The summed E-state index contributed by atoms with van der Waals surface area (Å²) in [6.45, 7) is 3.83. The third kappa shape index (κ3) is 3.80. The van der Waals surface area contributed by atoms with Crippen molar-refractivity contribution in [3.63, 3.8) is 0 Å². The van der Waals surface area contributed by atoms with Crippen molar-refractivity contribution in [1.29, 1.82) is 0 Å². The molecule has 4 N–H and O–H groups in total. The summed E-state index contributed by atoms with van der Waals surface area (Å²) in [5.74, 6) is 6.98. The van der Waals surface area contributed by atoms with Crippen LogP contribution in [-0.2, 0) is 4.79 Å². The van der Waals surface area contributed by atoms with Gasteiger partial charge in [0, 0.05) is 5.69 Å². The van der Waals surface area contributed by atoms with Crippen LogP contribution in [0.1, 0.15) is 11.3 Å². The number of methoxy groups -OCH3 is 1. The second-order valence-electron chi connectivity index (χ2n) is 5.65. The van der Waals surface area contributed by atoms with Crippen molar-refractivity contribution in [3.05, 3.63) is 35.5 Å². The Kier molecular flexibility index (Phi) is 5.12. The predicted octanol–water partition coefficient (Wildman–Crippen LogP) is 1.74. The van der Waals surface area contributed by atoms with E-state index < -0.39 is 0 Å². The number of nitrogens with one attached hydrogen (secondary N) is 2. The van der Waals surface area contributed by atoms with E-state index in [4.69, 9.17) is 10.6 Å². The van der Waals surface area contributed by atoms with Crippen LogP contribution in [0.3, 0.4) is 0 Å². The SMILES string of the molecule is COc1ccc(C)cc1NC(=O)CSc1nnc(-c2cc(C)[nH]n2)n1N. The Morgan fingerprint density at radius 1 is 1.35 bits per heavy atom. The second kappa shape index (κ2) is 7.48. The molecular formula is C16H19N7O2S. The summed E-state index contributed by atoms with van der Waals surface area (Å²) in [6, 6.07) is 7.40. The van der Waals surface area contributed by atoms with E-state index in [0.29, 0.717) is 28.1 Å². The first-order valence-electron chi connectivity index (χ1n) is 7.78. The highest BCUT2D eigenvalue weighted by Crippen LogP contribution is 2.26. The quantitative estimate of drug-likeness (QED) is 0.444. The molecule has 0 saturated heterocycles. The summed E-state index contributed by atoms with van der Waals surface area (Å²) in [5, 5.41) is 18.2. The number of carbonyl (C=O) groups excluding carboxylic acids is 1. The minimum Gasteiger partial charge on any atom is -0.495 e. The zero-order valence-corrected chi connectivity index (χ0v) is 15.4. The molecule has 2 heterocycles. The number of amides is 1. The number of ether oxygens (including phenoxy) is 1. The highest BCUT2D eigenvalue weighted by Gasteiger charge is 2.16. The molecule has 9 nitrogen and oxygen atoms in total. The number of benzene rings is 1. The number of aryl methyl sites for hydroxylation is 2. The van der Waals surface area contributed by atoms with Gasteiger partial charge in [0.1, 0.15) is 11.4 Å². The molecule has 0 fully saturated rings. The molecule has 0 unspecified atom stereocenters. The molecule has 0 aliphatic rings. The van der Waals surface area contributed by atoms with Gasteiger partial charge >= 0.3 is 0 Å². The fourth-order valence-corrected chi connectivity index (χ4v) is 2.98. The van der Waals surface area contributed by atoms with Crippen LogP contribution in [0.2, 0.25) is 0 Å². The largest absolute Gasteiger partial charge is 0.495 e. The summed E-state index contributed by atoms with van der Waals surface area (Å²) >= 11 is 1.19. The zero-order chi connectivity index (χ0) is 18.7. The summed E-state index contributed by atoms with van der Waals surface area (Å²) in [5.41, 5.74) is 3.14. The van der Waals surface area contributed by atoms with Crippen molar-refractivity contribution in [2.45, 2.75) is 19.0 Å². The van der Waals surface area contributed by atoms with Crippen LogP contribution >= 0.6 is 11.8 Å². The summed E-state index contributed by atoms with van der Waals surface area (Å²) < 4.78 is 6.58. The Labute approximate surface area is 154 Å². The van der Waals surface area contributed by atoms with Gasteiger partial charge in [-0.2, -0.15) is 5.10 Å². The lowest BCUT2D eigenvalue weighted by Crippen LogP contribution is -2.17. The van der Waals surface area contributed by atoms with Crippen molar-refractivity contribution < 1.29 is 9.53 Å². The van der Waals surface area contributed by atoms with Crippen LogP contribution in [0.5, 0.6) is 5.75 Å². The van der Waals surface area contributed by atoms with Crippen molar-refractivity contribution in [3.8, 4) is 17.3 Å². The maximum Gasteiger partial charge on any atom is 0.234 e. The number of nitrogens with two attached hydrogens (primary N) is 1. The topological polar surface area (TPSA) is 124 Å². The van der Waals surface area contributed by atoms with Gasteiger partial charge in [-0.25, -0.2) is 4.68 Å². The molecule has 0 aliphatic heterocycles. The molecule has 0 spiro atoms. The molecule has 0 bridgehead atoms. The summed E-state index contributed by atoms with van der Waals surface area (Å²) in [7, 11) is 1.56. The number of rotatable bonds is 6. The average molecular weight is 373 g/mol. The van der Waals surface area contributed by atoms with Crippen LogP contribution in [0.4, 0.5) is 5.69 Å². The molecule has 1 amide bonds. The van der Waals surface area contributed by atoms with Crippen molar-refractivity contribution in [2.24, 2.45) is 0 Å². The molecule has 26 heavy (non-hydrogen) atoms. The first-order chi connectivity index (χ1) is 12.5. The van der Waals surface area contributed by atoms with Gasteiger partial charge in [-0.3, -0.25) is 9.89 Å². The fraction of sp³-hybridized carbons (Fsp3) is 0.250. The summed E-state index contributed by atoms with van der Waals surface area (Å²) in [4.78, 5) is 12.3. The molecule has 0 saturated carbocycles. The lowest BCUT2D eigenvalue weighted by Gasteiger charge is -2.10. The molecular weight excluding hydrogens is 354 g/mol. The van der Waals surface area contributed by atoms with E-state index in [1.54, 1.807) is 7.11 Å². The van der Waals surface area contributed by atoms with Gasteiger partial charge in [-0.15, -0.1) is 10.2 Å². The van der Waals surface area contributed by atoms with E-state index in [-0.39, 0.29) is 11.7 Å². The molecule has 0 radical (unpaired) electrons. The number of aromatic nitrogens is 5. The first kappa shape index (κ1) is 17.8. The molecule has 1 aromatic carbocycles. The van der Waals surface area contributed by atoms with Gasteiger partial charge in [0.2, 0.25) is 16.9 Å². The number of nitrogens with zero attached hydrogens (tertiary/aromatic N) is 4. The zero-order valence-electron chi connectivity index (χ0n) is 14.6. The van der Waals surface area contributed by atoms with Gasteiger partial charge in [0.05, 0.1) is 18.6 Å². The van der Waals surface area contributed by atoms with E-state index in [2.05, 4.69) is 25.7 Å². The number of thioether (sulfide) groups is 1. The number of anilines is 1. The van der Waals surface area contributed by atoms with E-state index in [1.807, 2.05) is 38.1 Å². The predicted molar refractivity (Wildman–Crippen MR) is 99.6 cm³/mol. The van der Waals surface area contributed by atoms with Gasteiger partial charge in [0.25, 0.3) is 0 Å². The Bertz CT molecular complexity index is 935. The fourth-order valence-electron chi connectivity index (χ4n) is 2.32. The maximum atomic E-state index is 12.3. The van der Waals surface area contributed by atoms with Crippen LogP contribution in [0, 0.1) is 13.8 Å². The van der Waals surface area contributed by atoms with E-state index >= 15 is 0 Å². The van der Waals surface area contributed by atoms with Gasteiger partial charge in [-0.05, 0) is 37.6 Å². The highest BCUT2D eigenvalue weighted by molar-refractivity contribution is 7.99. The molecule has 10 heteroatoms. The number of aromatic amines is 1. The Balaban J connectivity index is 1.65. The van der Waals surface area contributed by atoms with Gasteiger partial charge in [0.15, 0.2) is 0 Å². The smallest absolute Gasteiger partial charge is 0.234 e. The monoisotopic (exact) mass is 373 g/mol. The molecule has 136 valence electrons. The average Bonchev–Trinajstić information content (AvgIpc) is 3.19. The Morgan fingerprint density at radius 3 is 2.85 bits per heavy atom. The van der Waals surface area contributed by atoms with E-state index in [1.165, 1.54) is 16.4 Å². The Hall–Kier alpha value is -3.01. The standard InChI is InChI=1S/C16H19N7O2S/c1-9-4-5-13(25-3)11(6-9)18-14(24)8-26-16-22-21-15(23(16)17)12-7-10(2)19-20-12/h4-7H,8,17H2,1-3H3,(H,18,24)(H,19,20). The number of nitrogen functional groups attached to an aromatic ring is 1. The molecule has 3 rings (SSSR count). The van der Waals surface area contributed by atoms with Crippen molar-refractivity contribution in [1.82, 2.24) is 25.1 Å². The number of hydrogen-bond acceptors (Lipinski definition) is 7. The molecule has 2 aromatic heterocycles. The normalized spacial score (nSPS) is 10.7. The minimum atomic E-state index is -0.195. The molecule has 0 atom stereocenters. The van der Waals surface area contributed by atoms with E-state index in [9.17, 15) is 4.79 Å². The number of H-pyrrole nitrogens is 1. The summed E-state index contributed by atoms with van der Waals surface area (Å²) in [6.07, 6.45) is 0. The lowest BCUT2D eigenvalue weighted by atomic mass is 10.2. The number of carbonyl (C=O) groups is 1. The third-order valence-corrected chi connectivity index (χ3v) is 4.50. The van der Waals surface area contributed by atoms with Gasteiger partial charge in [-0.1, -0.05) is 17.8 Å². The van der Waals surface area contributed by atoms with E-state index in [0.717, 1.165) is 11.3 Å². The van der Waals surface area contributed by atoms with Crippen molar-refractivity contribution in [2.75, 3.05) is 24.0 Å². The molecule has 0 aliphatic carbocycles. The van der Waals surface area contributed by atoms with Crippen LogP contribution in [-0.4, -0.2) is 43.8 Å². The van der Waals surface area contributed by atoms with Crippen LogP contribution in [0.15, 0.2) is 29.4 Å². The lowest BCUT2D eigenvalue weighted by molar-refractivity contribution is -0.113. The first-order valence-corrected chi connectivity index (χ1v) is 8.76. The minimum absolute atomic E-state index is 0.131. The number of hydrogen-bond donors (Lipinski definition) is 3. The third-order valence-electron chi connectivity index (χ3n) is 3.56. The van der Waals surface area contributed by atoms with Crippen LogP contribution in [0.25, 0.3) is 11.5 Å². The van der Waals surface area contributed by atoms with Gasteiger partial charge < -0.3 is 15.9 Å². The van der Waals surface area contributed by atoms with Crippen molar-refractivity contribution >= 4 is 23.4 Å². The highest BCUT2D eigenvalue weighted by atomic mass is 32.2. The second-order valence-corrected chi connectivity index (χ2v) is 6.60. The maximum absolute atomic E-state index is 12.3.